The predicted octanol–water partition coefficient (Wildman–Crippen LogP) is 6.45. The fraction of sp³-hybridized carbons (Fsp3) is 0.250. The third kappa shape index (κ3) is 4.71. The molecule has 0 unspecified atom stereocenters. The summed E-state index contributed by atoms with van der Waals surface area (Å²) in [6, 6.07) is 15.8. The first-order valence-electron chi connectivity index (χ1n) is 9.95. The smallest absolute Gasteiger partial charge is 0.192 e. The molecular formula is C24H23F2N3OS. The SMILES string of the molecule is CC(C)(C)c1ccc(-c2nnc(SCc3c(F)cccc3F)n2Cc2ccco2)cc1. The van der Waals surface area contributed by atoms with Crippen molar-refractivity contribution in [3.8, 4) is 11.4 Å². The predicted molar refractivity (Wildman–Crippen MR) is 118 cm³/mol. The molecule has 0 aliphatic carbocycles. The van der Waals surface area contributed by atoms with E-state index in [4.69, 9.17) is 4.42 Å². The fourth-order valence-electron chi connectivity index (χ4n) is 3.24. The van der Waals surface area contributed by atoms with Crippen molar-refractivity contribution in [1.82, 2.24) is 14.8 Å². The van der Waals surface area contributed by atoms with Gasteiger partial charge in [-0.15, -0.1) is 10.2 Å². The molecule has 0 bridgehead atoms. The van der Waals surface area contributed by atoms with Gasteiger partial charge in [0.15, 0.2) is 11.0 Å². The summed E-state index contributed by atoms with van der Waals surface area (Å²) in [6.45, 7) is 6.91. The van der Waals surface area contributed by atoms with Gasteiger partial charge in [-0.05, 0) is 35.2 Å². The highest BCUT2D eigenvalue weighted by atomic mass is 32.2. The Morgan fingerprint density at radius 2 is 1.65 bits per heavy atom. The second-order valence-electron chi connectivity index (χ2n) is 8.29. The van der Waals surface area contributed by atoms with E-state index in [0.29, 0.717) is 17.5 Å². The largest absolute Gasteiger partial charge is 0.467 e. The van der Waals surface area contributed by atoms with E-state index >= 15 is 0 Å². The minimum Gasteiger partial charge on any atom is -0.467 e. The summed E-state index contributed by atoms with van der Waals surface area (Å²) >= 11 is 1.24. The molecule has 0 spiro atoms. The van der Waals surface area contributed by atoms with Crippen molar-refractivity contribution in [2.45, 2.75) is 43.6 Å². The van der Waals surface area contributed by atoms with Crippen molar-refractivity contribution in [1.29, 1.82) is 0 Å². The zero-order chi connectivity index (χ0) is 22.0. The van der Waals surface area contributed by atoms with Crippen molar-refractivity contribution < 1.29 is 13.2 Å². The summed E-state index contributed by atoms with van der Waals surface area (Å²) in [6.07, 6.45) is 1.61. The first kappa shape index (κ1) is 21.3. The normalized spacial score (nSPS) is 11.8. The Morgan fingerprint density at radius 1 is 0.935 bits per heavy atom. The zero-order valence-corrected chi connectivity index (χ0v) is 18.4. The molecule has 0 radical (unpaired) electrons. The number of aromatic nitrogens is 3. The Balaban J connectivity index is 1.67. The molecule has 0 fully saturated rings. The maximum atomic E-state index is 14.1. The van der Waals surface area contributed by atoms with Crippen LogP contribution in [0.3, 0.4) is 0 Å². The molecule has 7 heteroatoms. The minimum atomic E-state index is -0.567. The van der Waals surface area contributed by atoms with Crippen molar-refractivity contribution >= 4 is 11.8 Å². The molecule has 160 valence electrons. The number of halogens is 2. The van der Waals surface area contributed by atoms with E-state index in [1.54, 1.807) is 6.26 Å². The van der Waals surface area contributed by atoms with E-state index in [1.807, 2.05) is 28.8 Å². The average Bonchev–Trinajstić information content (AvgIpc) is 3.38. The molecule has 0 aliphatic rings. The Morgan fingerprint density at radius 3 is 2.26 bits per heavy atom. The van der Waals surface area contributed by atoms with E-state index in [1.165, 1.54) is 35.5 Å². The lowest BCUT2D eigenvalue weighted by molar-refractivity contribution is 0.485. The highest BCUT2D eigenvalue weighted by Crippen LogP contribution is 2.30. The van der Waals surface area contributed by atoms with Crippen LogP contribution < -0.4 is 0 Å². The number of furan rings is 1. The molecule has 4 rings (SSSR count). The quantitative estimate of drug-likeness (QED) is 0.324. The Labute approximate surface area is 184 Å². The Hall–Kier alpha value is -2.93. The molecule has 0 atom stereocenters. The molecular weight excluding hydrogens is 416 g/mol. The van der Waals surface area contributed by atoms with Crippen LogP contribution in [-0.4, -0.2) is 14.8 Å². The van der Waals surface area contributed by atoms with E-state index < -0.39 is 11.6 Å². The van der Waals surface area contributed by atoms with Gasteiger partial charge in [-0.25, -0.2) is 8.78 Å². The molecule has 0 saturated heterocycles. The van der Waals surface area contributed by atoms with Crippen LogP contribution in [0.25, 0.3) is 11.4 Å². The summed E-state index contributed by atoms with van der Waals surface area (Å²) < 4.78 is 35.5. The van der Waals surface area contributed by atoms with Gasteiger partial charge in [0.2, 0.25) is 0 Å². The minimum absolute atomic E-state index is 0.0242. The summed E-state index contributed by atoms with van der Waals surface area (Å²) in [5.74, 6) is 0.391. The molecule has 0 aliphatic heterocycles. The number of hydrogen-bond acceptors (Lipinski definition) is 4. The van der Waals surface area contributed by atoms with Gasteiger partial charge in [0, 0.05) is 16.9 Å². The monoisotopic (exact) mass is 439 g/mol. The van der Waals surface area contributed by atoms with Crippen molar-refractivity contribution in [2.24, 2.45) is 0 Å². The number of nitrogens with zero attached hydrogens (tertiary/aromatic N) is 3. The summed E-state index contributed by atoms with van der Waals surface area (Å²) in [5.41, 5.74) is 2.20. The van der Waals surface area contributed by atoms with Gasteiger partial charge in [-0.2, -0.15) is 0 Å². The van der Waals surface area contributed by atoms with E-state index in [9.17, 15) is 8.78 Å². The van der Waals surface area contributed by atoms with Gasteiger partial charge in [0.05, 0.1) is 12.8 Å². The number of hydrogen-bond donors (Lipinski definition) is 0. The van der Waals surface area contributed by atoms with E-state index in [2.05, 4.69) is 43.1 Å². The van der Waals surface area contributed by atoms with Crippen LogP contribution in [0.2, 0.25) is 0 Å². The molecule has 0 amide bonds. The number of thioether (sulfide) groups is 1. The Bertz CT molecular complexity index is 1140. The third-order valence-corrected chi connectivity index (χ3v) is 6.02. The highest BCUT2D eigenvalue weighted by molar-refractivity contribution is 7.98. The van der Waals surface area contributed by atoms with Crippen LogP contribution in [0.1, 0.15) is 37.7 Å². The lowest BCUT2D eigenvalue weighted by Crippen LogP contribution is -2.10. The third-order valence-electron chi connectivity index (χ3n) is 5.03. The average molecular weight is 440 g/mol. The molecule has 2 aromatic carbocycles. The lowest BCUT2D eigenvalue weighted by Gasteiger charge is -2.19. The summed E-state index contributed by atoms with van der Waals surface area (Å²) in [4.78, 5) is 0. The molecule has 31 heavy (non-hydrogen) atoms. The summed E-state index contributed by atoms with van der Waals surface area (Å²) in [5, 5.41) is 9.25. The van der Waals surface area contributed by atoms with E-state index in [0.717, 1.165) is 11.3 Å². The molecule has 4 aromatic rings. The van der Waals surface area contributed by atoms with Gasteiger partial charge in [0.25, 0.3) is 0 Å². The van der Waals surface area contributed by atoms with Crippen LogP contribution in [0, 0.1) is 11.6 Å². The van der Waals surface area contributed by atoms with Crippen LogP contribution in [0.5, 0.6) is 0 Å². The maximum Gasteiger partial charge on any atom is 0.192 e. The zero-order valence-electron chi connectivity index (χ0n) is 17.6. The second-order valence-corrected chi connectivity index (χ2v) is 9.23. The van der Waals surface area contributed by atoms with Crippen LogP contribution >= 0.6 is 11.8 Å². The van der Waals surface area contributed by atoms with Gasteiger partial charge in [-0.3, -0.25) is 4.57 Å². The maximum absolute atomic E-state index is 14.1. The highest BCUT2D eigenvalue weighted by Gasteiger charge is 2.19. The number of rotatable bonds is 6. The van der Waals surface area contributed by atoms with Gasteiger partial charge >= 0.3 is 0 Å². The summed E-state index contributed by atoms with van der Waals surface area (Å²) in [7, 11) is 0. The Kier molecular flexibility index (Phi) is 5.96. The molecule has 0 N–H and O–H groups in total. The first-order valence-corrected chi connectivity index (χ1v) is 10.9. The van der Waals surface area contributed by atoms with Crippen molar-refractivity contribution in [3.63, 3.8) is 0 Å². The van der Waals surface area contributed by atoms with Gasteiger partial charge in [0.1, 0.15) is 17.4 Å². The molecule has 2 aromatic heterocycles. The number of benzene rings is 2. The standard InChI is InChI=1S/C24H23F2N3OS/c1-24(2,3)17-11-9-16(10-12-17)22-27-28-23(29(22)14-18-6-5-13-30-18)31-15-19-20(25)7-4-8-21(19)26/h4-13H,14-15H2,1-3H3. The molecule has 4 nitrogen and oxygen atoms in total. The van der Waals surface area contributed by atoms with Crippen LogP contribution in [0.4, 0.5) is 8.78 Å². The molecule has 2 heterocycles. The van der Waals surface area contributed by atoms with Crippen molar-refractivity contribution in [3.05, 3.63) is 89.4 Å². The topological polar surface area (TPSA) is 43.9 Å². The lowest BCUT2D eigenvalue weighted by atomic mass is 9.87. The van der Waals surface area contributed by atoms with Gasteiger partial charge in [-0.1, -0.05) is 62.9 Å². The fourth-order valence-corrected chi connectivity index (χ4v) is 4.19. The van der Waals surface area contributed by atoms with Crippen LogP contribution in [-0.2, 0) is 17.7 Å². The van der Waals surface area contributed by atoms with Crippen LogP contribution in [0.15, 0.2) is 70.4 Å². The van der Waals surface area contributed by atoms with E-state index in [-0.39, 0.29) is 16.7 Å². The molecule has 0 saturated carbocycles. The van der Waals surface area contributed by atoms with Crippen molar-refractivity contribution in [2.75, 3.05) is 0 Å². The van der Waals surface area contributed by atoms with Gasteiger partial charge < -0.3 is 4.42 Å². The second kappa shape index (κ2) is 8.67. The first-order chi connectivity index (χ1) is 14.8.